The molecule has 1 aromatic heterocycles. The van der Waals surface area contributed by atoms with E-state index in [1.54, 1.807) is 40.2 Å². The van der Waals surface area contributed by atoms with Crippen molar-refractivity contribution in [2.24, 2.45) is 11.8 Å². The van der Waals surface area contributed by atoms with E-state index in [0.29, 0.717) is 48.3 Å². The van der Waals surface area contributed by atoms with Gasteiger partial charge in [0.15, 0.2) is 0 Å². The Hall–Kier alpha value is -4.77. The molecular weight excluding hydrogens is 793 g/mol. The molecule has 2 aromatic rings. The molecule has 4 bridgehead atoms. The van der Waals surface area contributed by atoms with E-state index in [2.05, 4.69) is 25.7 Å². The van der Waals surface area contributed by atoms with Crippen molar-refractivity contribution in [1.29, 1.82) is 0 Å². The molecule has 326 valence electrons. The fourth-order valence-electron chi connectivity index (χ4n) is 8.63. The summed E-state index contributed by atoms with van der Waals surface area (Å²) >= 11 is 0. The van der Waals surface area contributed by atoms with E-state index in [4.69, 9.17) is 18.9 Å². The van der Waals surface area contributed by atoms with Gasteiger partial charge in [-0.1, -0.05) is 44.8 Å². The van der Waals surface area contributed by atoms with Crippen molar-refractivity contribution in [3.05, 3.63) is 36.0 Å². The predicted molar refractivity (Wildman–Crippen MR) is 223 cm³/mol. The van der Waals surface area contributed by atoms with Crippen LogP contribution in [0.5, 0.6) is 11.6 Å². The van der Waals surface area contributed by atoms with E-state index in [-0.39, 0.29) is 43.3 Å². The van der Waals surface area contributed by atoms with Crippen LogP contribution in [0.4, 0.5) is 4.79 Å². The number of pyridine rings is 1. The molecule has 3 saturated carbocycles. The number of nitrogens with one attached hydrogen (secondary N) is 4. The fourth-order valence-corrected chi connectivity index (χ4v) is 9.72. The minimum atomic E-state index is -1.55. The molecule has 2 aliphatic heterocycles. The molecule has 0 radical (unpaired) electrons. The van der Waals surface area contributed by atoms with E-state index < -0.39 is 76.1 Å². The van der Waals surface area contributed by atoms with Gasteiger partial charge in [-0.15, -0.1) is 0 Å². The Morgan fingerprint density at radius 2 is 1.87 bits per heavy atom. The Morgan fingerprint density at radius 3 is 2.55 bits per heavy atom. The molecule has 17 heteroatoms. The first-order valence-corrected chi connectivity index (χ1v) is 22.4. The van der Waals surface area contributed by atoms with Crippen molar-refractivity contribution in [2.75, 3.05) is 26.9 Å². The topological polar surface area (TPSA) is 204 Å². The fraction of sp³-hybridized carbons (Fsp3) is 0.628. The maximum Gasteiger partial charge on any atom is 0.408 e. The Bertz CT molecular complexity index is 2030. The summed E-state index contributed by atoms with van der Waals surface area (Å²) in [6.45, 7) is 6.90. The van der Waals surface area contributed by atoms with Gasteiger partial charge in [0.2, 0.25) is 23.6 Å². The van der Waals surface area contributed by atoms with Crippen LogP contribution >= 0.6 is 0 Å². The molecule has 3 heterocycles. The lowest BCUT2D eigenvalue weighted by Gasteiger charge is -2.35. The van der Waals surface area contributed by atoms with Crippen LogP contribution in [0.25, 0.3) is 16.8 Å². The lowest BCUT2D eigenvalue weighted by Crippen LogP contribution is -2.61. The van der Waals surface area contributed by atoms with E-state index in [0.717, 1.165) is 37.5 Å². The standard InChI is InChI=1S/C43H58N6O10S/c1-6-28-22-43(28,40(53)48-60(55)30-14-15-30)47-37(51)33-21-29-23-49(33)39(52)35(25-11-8-7-9-12-25)46-36(50)32(45-41(54)59-42(2,3)4)24-57-18-10-13-27-19-31-26(20-34(27)56-5)16-17-44-38(31)58-29/h10,13,16-17,19-20,25,28-30,32-33,35H,6-9,11-12,14-15,18,21-24H2,1-5H3,(H,45,54)(H,46,50)(H,47,51)(H,48,53)/b13-10+/t28-,29-,32?,33+,35+,43-,60?/m1/s1. The van der Waals surface area contributed by atoms with Crippen molar-refractivity contribution in [1.82, 2.24) is 30.6 Å². The smallest absolute Gasteiger partial charge is 0.408 e. The second kappa shape index (κ2) is 18.1. The third-order valence-electron chi connectivity index (χ3n) is 12.1. The van der Waals surface area contributed by atoms with Crippen LogP contribution in [0.3, 0.4) is 0 Å². The maximum atomic E-state index is 15.1. The number of benzene rings is 1. The van der Waals surface area contributed by atoms with Gasteiger partial charge in [-0.2, -0.15) is 0 Å². The highest BCUT2D eigenvalue weighted by atomic mass is 32.2. The van der Waals surface area contributed by atoms with Crippen LogP contribution in [0.2, 0.25) is 0 Å². The SMILES string of the molecule is CC[C@@H]1C[C@]1(NC(=O)[C@@H]1C[C@@H]2CN1C(=O)[C@H](C1CCCCC1)NC(=O)C(NC(=O)OC(C)(C)C)COC/C=C/c1cc3c(nccc3cc1OC)O2)C(=O)NS(=O)C1CC1. The van der Waals surface area contributed by atoms with Crippen LogP contribution in [-0.4, -0.2) is 111 Å². The number of methoxy groups -OCH3 is 1. The number of hydrogen-bond donors (Lipinski definition) is 4. The number of fused-ring (bicyclic) bond motifs is 3. The highest BCUT2D eigenvalue weighted by molar-refractivity contribution is 7.84. The van der Waals surface area contributed by atoms with E-state index in [1.165, 1.54) is 4.90 Å². The monoisotopic (exact) mass is 850 g/mol. The summed E-state index contributed by atoms with van der Waals surface area (Å²) in [5, 5.41) is 10.0. The van der Waals surface area contributed by atoms with Gasteiger partial charge < -0.3 is 39.8 Å². The first-order valence-electron chi connectivity index (χ1n) is 21.2. The number of hydrogen-bond acceptors (Lipinski definition) is 11. The number of ether oxygens (including phenoxy) is 4. The molecule has 7 rings (SSSR count). The Labute approximate surface area is 353 Å². The zero-order chi connectivity index (χ0) is 42.8. The van der Waals surface area contributed by atoms with Crippen molar-refractivity contribution in [2.45, 2.75) is 133 Å². The first-order chi connectivity index (χ1) is 28.7. The highest BCUT2D eigenvalue weighted by Crippen LogP contribution is 2.47. The van der Waals surface area contributed by atoms with E-state index in [9.17, 15) is 23.4 Å². The third-order valence-corrected chi connectivity index (χ3v) is 13.5. The van der Waals surface area contributed by atoms with Gasteiger partial charge in [0.25, 0.3) is 5.91 Å². The van der Waals surface area contributed by atoms with Crippen LogP contribution in [0.1, 0.15) is 97.5 Å². The third kappa shape index (κ3) is 9.88. The van der Waals surface area contributed by atoms with E-state index >= 15 is 4.79 Å². The van der Waals surface area contributed by atoms with Crippen LogP contribution in [0, 0.1) is 11.8 Å². The molecule has 3 aliphatic carbocycles. The Kier molecular flexibility index (Phi) is 13.0. The summed E-state index contributed by atoms with van der Waals surface area (Å²) < 4.78 is 39.1. The molecule has 5 aliphatic rings. The van der Waals surface area contributed by atoms with Crippen LogP contribution < -0.4 is 30.1 Å². The largest absolute Gasteiger partial charge is 0.496 e. The van der Waals surface area contributed by atoms with Gasteiger partial charge in [0.1, 0.15) is 52.1 Å². The van der Waals surface area contributed by atoms with Gasteiger partial charge in [0.05, 0.1) is 32.1 Å². The summed E-state index contributed by atoms with van der Waals surface area (Å²) in [7, 11) is 0.0139. The summed E-state index contributed by atoms with van der Waals surface area (Å²) in [6, 6.07) is 2.21. The van der Waals surface area contributed by atoms with E-state index in [1.807, 2.05) is 31.2 Å². The van der Waals surface area contributed by atoms with Crippen LogP contribution in [0.15, 0.2) is 30.5 Å². The molecule has 4 N–H and O–H groups in total. The first kappa shape index (κ1) is 43.3. The number of rotatable bonds is 9. The molecule has 60 heavy (non-hydrogen) atoms. The zero-order valence-electron chi connectivity index (χ0n) is 35.1. The molecule has 2 unspecified atom stereocenters. The van der Waals surface area contributed by atoms with Gasteiger partial charge >= 0.3 is 6.09 Å². The van der Waals surface area contributed by atoms with Gasteiger partial charge in [-0.05, 0) is 88.3 Å². The minimum absolute atomic E-state index is 0.0121. The average molecular weight is 851 g/mol. The number of nitrogens with zero attached hydrogens (tertiary/aromatic N) is 2. The van der Waals surface area contributed by atoms with Crippen molar-refractivity contribution in [3.63, 3.8) is 0 Å². The summed E-state index contributed by atoms with van der Waals surface area (Å²) in [5.74, 6) is -1.70. The van der Waals surface area contributed by atoms with Crippen molar-refractivity contribution >= 4 is 57.6 Å². The second-order valence-electron chi connectivity index (χ2n) is 17.6. The summed E-state index contributed by atoms with van der Waals surface area (Å²) in [5.41, 5.74) is -1.41. The Morgan fingerprint density at radius 1 is 1.10 bits per heavy atom. The number of amides is 5. The van der Waals surface area contributed by atoms with Gasteiger partial charge in [0, 0.05) is 23.6 Å². The second-order valence-corrected chi connectivity index (χ2v) is 19.1. The minimum Gasteiger partial charge on any atom is -0.496 e. The van der Waals surface area contributed by atoms with Crippen molar-refractivity contribution < 1.29 is 47.1 Å². The highest BCUT2D eigenvalue weighted by Gasteiger charge is 2.61. The predicted octanol–water partition coefficient (Wildman–Crippen LogP) is 3.82. The normalized spacial score (nSPS) is 28.7. The number of carbonyl (C=O) groups is 5. The molecule has 16 nitrogen and oxygen atoms in total. The molecule has 1 saturated heterocycles. The lowest BCUT2D eigenvalue weighted by molar-refractivity contribution is -0.144. The van der Waals surface area contributed by atoms with Crippen molar-refractivity contribution in [3.8, 4) is 11.6 Å². The van der Waals surface area contributed by atoms with Crippen LogP contribution in [-0.2, 0) is 39.6 Å². The molecule has 7 atom stereocenters. The molecule has 5 amide bonds. The zero-order valence-corrected chi connectivity index (χ0v) is 35.9. The number of alkyl carbamates (subject to hydrolysis) is 1. The average Bonchev–Trinajstić information content (AvgIpc) is 4.14. The number of carbonyl (C=O) groups excluding carboxylic acids is 5. The molecular formula is C43H58N6O10S. The summed E-state index contributed by atoms with van der Waals surface area (Å²) in [6.07, 6.45) is 10.3. The molecule has 1 aromatic carbocycles. The summed E-state index contributed by atoms with van der Waals surface area (Å²) in [4.78, 5) is 76.8. The van der Waals surface area contributed by atoms with Gasteiger partial charge in [-0.3, -0.25) is 23.9 Å². The number of aromatic nitrogens is 1. The van der Waals surface area contributed by atoms with Gasteiger partial charge in [-0.25, -0.2) is 14.0 Å². The Balaban J connectivity index is 1.25. The lowest BCUT2D eigenvalue weighted by atomic mass is 9.83. The molecule has 0 spiro atoms. The maximum absolute atomic E-state index is 15.1. The molecule has 4 fully saturated rings. The quantitative estimate of drug-likeness (QED) is 0.286.